The van der Waals surface area contributed by atoms with Crippen LogP contribution in [-0.4, -0.2) is 16.7 Å². The molecular weight excluding hydrogens is 232 g/mol. The first-order chi connectivity index (χ1) is 6.29. The fraction of sp³-hybridized carbons (Fsp3) is 0.500. The Morgan fingerprint density at radius 2 is 2.23 bits per heavy atom. The van der Waals surface area contributed by atoms with E-state index in [2.05, 4.69) is 43.9 Å². The van der Waals surface area contributed by atoms with Gasteiger partial charge in [0.2, 0.25) is 0 Å². The molecule has 0 spiro atoms. The molecule has 1 saturated heterocycles. The summed E-state index contributed by atoms with van der Waals surface area (Å²) in [5.74, 6) is 0.570. The normalized spacial score (nSPS) is 27.8. The molecule has 13 heavy (non-hydrogen) atoms. The Morgan fingerprint density at radius 1 is 1.46 bits per heavy atom. The van der Waals surface area contributed by atoms with Gasteiger partial charge in [-0.3, -0.25) is 5.43 Å². The van der Waals surface area contributed by atoms with Crippen molar-refractivity contribution in [2.24, 2.45) is 5.92 Å². The van der Waals surface area contributed by atoms with Gasteiger partial charge in [-0.25, -0.2) is 5.43 Å². The number of hydrogen-bond acceptors (Lipinski definition) is 4. The van der Waals surface area contributed by atoms with Gasteiger partial charge in [0.1, 0.15) is 0 Å². The highest BCUT2D eigenvalue weighted by Crippen LogP contribution is 2.28. The Hall–Kier alpha value is -0.520. The van der Waals surface area contributed by atoms with Gasteiger partial charge in [0.05, 0.1) is 18.4 Å². The third-order valence-electron chi connectivity index (χ3n) is 2.30. The van der Waals surface area contributed by atoms with Crippen LogP contribution in [0.4, 0.5) is 0 Å². The van der Waals surface area contributed by atoms with Crippen LogP contribution in [0.5, 0.6) is 0 Å². The molecule has 1 aliphatic rings. The van der Waals surface area contributed by atoms with E-state index in [9.17, 15) is 0 Å². The molecular formula is C8H11BrN4. The fourth-order valence-electron chi connectivity index (χ4n) is 1.52. The molecule has 1 aromatic rings. The van der Waals surface area contributed by atoms with E-state index < -0.39 is 0 Å². The highest BCUT2D eigenvalue weighted by Gasteiger charge is 2.25. The first-order valence-electron chi connectivity index (χ1n) is 4.23. The summed E-state index contributed by atoms with van der Waals surface area (Å²) in [4.78, 5) is 0. The molecule has 2 N–H and O–H groups in total. The zero-order chi connectivity index (χ0) is 9.26. The number of nitrogens with zero attached hydrogens (tertiary/aromatic N) is 2. The number of rotatable bonds is 1. The summed E-state index contributed by atoms with van der Waals surface area (Å²) in [6, 6.07) is 0.324. The van der Waals surface area contributed by atoms with E-state index in [-0.39, 0.29) is 0 Å². The third kappa shape index (κ3) is 1.72. The van der Waals surface area contributed by atoms with Crippen molar-refractivity contribution in [1.82, 2.24) is 21.0 Å². The largest absolute Gasteiger partial charge is 0.257 e. The Bertz CT molecular complexity index is 304. The van der Waals surface area contributed by atoms with Crippen LogP contribution in [-0.2, 0) is 0 Å². The second kappa shape index (κ2) is 3.69. The van der Waals surface area contributed by atoms with E-state index in [0.29, 0.717) is 12.0 Å². The van der Waals surface area contributed by atoms with Gasteiger partial charge in [-0.1, -0.05) is 6.92 Å². The minimum absolute atomic E-state index is 0.324. The van der Waals surface area contributed by atoms with Gasteiger partial charge in [-0.15, -0.1) is 0 Å². The van der Waals surface area contributed by atoms with E-state index in [0.717, 1.165) is 16.6 Å². The Morgan fingerprint density at radius 3 is 2.85 bits per heavy atom. The predicted octanol–water partition coefficient (Wildman–Crippen LogP) is 1.02. The zero-order valence-electron chi connectivity index (χ0n) is 7.29. The molecule has 1 aromatic heterocycles. The monoisotopic (exact) mass is 242 g/mol. The maximum absolute atomic E-state index is 3.88. The zero-order valence-corrected chi connectivity index (χ0v) is 8.87. The maximum Gasteiger partial charge on any atom is 0.0641 e. The molecule has 0 bridgehead atoms. The van der Waals surface area contributed by atoms with Crippen LogP contribution >= 0.6 is 15.9 Å². The van der Waals surface area contributed by atoms with Gasteiger partial charge in [0.15, 0.2) is 0 Å². The van der Waals surface area contributed by atoms with Crippen LogP contribution in [0, 0.1) is 5.92 Å². The van der Waals surface area contributed by atoms with Crippen LogP contribution in [0.25, 0.3) is 0 Å². The van der Waals surface area contributed by atoms with Gasteiger partial charge in [-0.2, -0.15) is 10.2 Å². The molecule has 5 heteroatoms. The first kappa shape index (κ1) is 9.05. The molecule has 2 rings (SSSR count). The lowest BCUT2D eigenvalue weighted by Gasteiger charge is -2.14. The van der Waals surface area contributed by atoms with Crippen molar-refractivity contribution in [2.75, 3.05) is 6.54 Å². The van der Waals surface area contributed by atoms with Crippen molar-refractivity contribution in [3.05, 3.63) is 22.4 Å². The Balaban J connectivity index is 2.29. The van der Waals surface area contributed by atoms with E-state index in [1.54, 1.807) is 12.4 Å². The Labute approximate surface area is 85.2 Å². The second-order valence-corrected chi connectivity index (χ2v) is 4.13. The SMILES string of the molecule is CC1CNNC1c1cnncc1Br. The van der Waals surface area contributed by atoms with Gasteiger partial charge >= 0.3 is 0 Å². The van der Waals surface area contributed by atoms with Crippen molar-refractivity contribution in [3.8, 4) is 0 Å². The van der Waals surface area contributed by atoms with Crippen LogP contribution in [0.3, 0.4) is 0 Å². The van der Waals surface area contributed by atoms with Crippen molar-refractivity contribution in [2.45, 2.75) is 13.0 Å². The number of hydrazine groups is 1. The predicted molar refractivity (Wildman–Crippen MR) is 52.8 cm³/mol. The highest BCUT2D eigenvalue weighted by molar-refractivity contribution is 9.10. The number of nitrogens with one attached hydrogen (secondary N) is 2. The lowest BCUT2D eigenvalue weighted by atomic mass is 9.99. The molecule has 2 heterocycles. The number of hydrogen-bond donors (Lipinski definition) is 2. The molecule has 0 amide bonds. The van der Waals surface area contributed by atoms with Gasteiger partial charge in [0.25, 0.3) is 0 Å². The first-order valence-corrected chi connectivity index (χ1v) is 5.03. The van der Waals surface area contributed by atoms with Crippen LogP contribution < -0.4 is 10.9 Å². The van der Waals surface area contributed by atoms with Crippen LogP contribution in [0.2, 0.25) is 0 Å². The average molecular weight is 243 g/mol. The summed E-state index contributed by atoms with van der Waals surface area (Å²) < 4.78 is 1.01. The van der Waals surface area contributed by atoms with Crippen molar-refractivity contribution in [1.29, 1.82) is 0 Å². The molecule has 1 aliphatic heterocycles. The molecule has 1 fully saturated rings. The Kier molecular flexibility index (Phi) is 2.57. The maximum atomic E-state index is 3.88. The minimum atomic E-state index is 0.324. The quantitative estimate of drug-likeness (QED) is 0.773. The smallest absolute Gasteiger partial charge is 0.0641 e. The molecule has 2 unspecified atom stereocenters. The molecule has 0 saturated carbocycles. The van der Waals surface area contributed by atoms with E-state index in [1.807, 2.05) is 0 Å². The van der Waals surface area contributed by atoms with Crippen LogP contribution in [0.15, 0.2) is 16.9 Å². The topological polar surface area (TPSA) is 49.8 Å². The lowest BCUT2D eigenvalue weighted by molar-refractivity contribution is 0.503. The summed E-state index contributed by atoms with van der Waals surface area (Å²) in [5.41, 5.74) is 7.50. The summed E-state index contributed by atoms with van der Waals surface area (Å²) in [7, 11) is 0. The summed E-state index contributed by atoms with van der Waals surface area (Å²) >= 11 is 3.46. The van der Waals surface area contributed by atoms with Gasteiger partial charge in [-0.05, 0) is 21.8 Å². The van der Waals surface area contributed by atoms with Crippen molar-refractivity contribution in [3.63, 3.8) is 0 Å². The van der Waals surface area contributed by atoms with Crippen molar-refractivity contribution >= 4 is 15.9 Å². The van der Waals surface area contributed by atoms with Crippen molar-refractivity contribution < 1.29 is 0 Å². The van der Waals surface area contributed by atoms with E-state index >= 15 is 0 Å². The average Bonchev–Trinajstić information content (AvgIpc) is 2.52. The van der Waals surface area contributed by atoms with Crippen LogP contribution in [0.1, 0.15) is 18.5 Å². The molecule has 0 radical (unpaired) electrons. The molecule has 4 nitrogen and oxygen atoms in total. The lowest BCUT2D eigenvalue weighted by Crippen LogP contribution is -2.25. The van der Waals surface area contributed by atoms with E-state index in [1.165, 1.54) is 0 Å². The molecule has 2 atom stereocenters. The second-order valence-electron chi connectivity index (χ2n) is 3.27. The van der Waals surface area contributed by atoms with Gasteiger partial charge in [0, 0.05) is 16.6 Å². The standard InChI is InChI=1S/C8H11BrN4/c1-5-2-12-13-8(5)6-3-10-11-4-7(6)9/h3-5,8,12-13H,2H2,1H3. The number of halogens is 1. The van der Waals surface area contributed by atoms with E-state index in [4.69, 9.17) is 0 Å². The molecule has 70 valence electrons. The number of aromatic nitrogens is 2. The highest BCUT2D eigenvalue weighted by atomic mass is 79.9. The summed E-state index contributed by atoms with van der Waals surface area (Å²) in [6.07, 6.45) is 3.52. The summed E-state index contributed by atoms with van der Waals surface area (Å²) in [5, 5.41) is 7.67. The van der Waals surface area contributed by atoms with Gasteiger partial charge < -0.3 is 0 Å². The third-order valence-corrected chi connectivity index (χ3v) is 2.96. The summed E-state index contributed by atoms with van der Waals surface area (Å²) in [6.45, 7) is 3.18. The minimum Gasteiger partial charge on any atom is -0.257 e. The fourth-order valence-corrected chi connectivity index (χ4v) is 1.96. The molecule has 0 aliphatic carbocycles. The molecule has 0 aromatic carbocycles.